The van der Waals surface area contributed by atoms with E-state index >= 15 is 0 Å². The Morgan fingerprint density at radius 1 is 1.50 bits per heavy atom. The van der Waals surface area contributed by atoms with E-state index in [9.17, 15) is 0 Å². The van der Waals surface area contributed by atoms with Crippen molar-refractivity contribution in [2.45, 2.75) is 19.4 Å². The van der Waals surface area contributed by atoms with Gasteiger partial charge in [0.05, 0.1) is 13.2 Å². The summed E-state index contributed by atoms with van der Waals surface area (Å²) >= 11 is 0. The van der Waals surface area contributed by atoms with Crippen molar-refractivity contribution in [1.29, 1.82) is 0 Å². The number of nitrogens with two attached hydrogens (primary N) is 1. The minimum absolute atomic E-state index is 0.0406. The van der Waals surface area contributed by atoms with Gasteiger partial charge in [0.25, 0.3) is 0 Å². The van der Waals surface area contributed by atoms with Crippen LogP contribution in [0.25, 0.3) is 0 Å². The van der Waals surface area contributed by atoms with E-state index < -0.39 is 0 Å². The summed E-state index contributed by atoms with van der Waals surface area (Å²) in [6.45, 7) is 2.02. The molecule has 0 aliphatic carbocycles. The molecule has 2 nitrogen and oxygen atoms in total. The van der Waals surface area contributed by atoms with Gasteiger partial charge in [0.15, 0.2) is 0 Å². The van der Waals surface area contributed by atoms with Crippen LogP contribution in [0.15, 0.2) is 24.3 Å². The largest absolute Gasteiger partial charge is 0.497 e. The van der Waals surface area contributed by atoms with Crippen LogP contribution in [0.3, 0.4) is 0 Å². The summed E-state index contributed by atoms with van der Waals surface area (Å²) in [5.41, 5.74) is 6.62. The van der Waals surface area contributed by atoms with Crippen LogP contribution >= 0.6 is 0 Å². The first-order chi connectivity index (χ1) is 6.76. The molecule has 14 heavy (non-hydrogen) atoms. The SMILES string of the molecule is CCC(N)C#Cc1cccc(OC)c1. The zero-order valence-electron chi connectivity index (χ0n) is 8.58. The van der Waals surface area contributed by atoms with Gasteiger partial charge in [-0.05, 0) is 24.6 Å². The van der Waals surface area contributed by atoms with Crippen LogP contribution in [-0.2, 0) is 0 Å². The molecule has 1 aromatic carbocycles. The average Bonchev–Trinajstić information content (AvgIpc) is 2.26. The first kappa shape index (κ1) is 10.6. The highest BCUT2D eigenvalue weighted by Gasteiger charge is 1.93. The number of methoxy groups -OCH3 is 1. The minimum atomic E-state index is -0.0406. The number of hydrogen-bond acceptors (Lipinski definition) is 2. The quantitative estimate of drug-likeness (QED) is 0.720. The van der Waals surface area contributed by atoms with Crippen molar-refractivity contribution in [3.8, 4) is 17.6 Å². The molecule has 1 rings (SSSR count). The van der Waals surface area contributed by atoms with Crippen molar-refractivity contribution in [2.75, 3.05) is 7.11 Å². The smallest absolute Gasteiger partial charge is 0.120 e. The monoisotopic (exact) mass is 189 g/mol. The van der Waals surface area contributed by atoms with Gasteiger partial charge in [-0.25, -0.2) is 0 Å². The highest BCUT2D eigenvalue weighted by molar-refractivity contribution is 5.40. The second kappa shape index (κ2) is 5.31. The molecule has 0 aromatic heterocycles. The summed E-state index contributed by atoms with van der Waals surface area (Å²) in [6, 6.07) is 7.61. The normalized spacial score (nSPS) is 11.4. The molecular formula is C12H15NO. The van der Waals surface area contributed by atoms with Gasteiger partial charge in [0, 0.05) is 5.56 Å². The average molecular weight is 189 g/mol. The Morgan fingerprint density at radius 3 is 2.93 bits per heavy atom. The Kier molecular flexibility index (Phi) is 4.03. The van der Waals surface area contributed by atoms with Gasteiger partial charge in [-0.1, -0.05) is 24.8 Å². The third-order valence-corrected chi connectivity index (χ3v) is 1.91. The fourth-order valence-electron chi connectivity index (χ4n) is 0.979. The molecule has 74 valence electrons. The number of hydrogen-bond donors (Lipinski definition) is 1. The lowest BCUT2D eigenvalue weighted by Crippen LogP contribution is -2.15. The summed E-state index contributed by atoms with van der Waals surface area (Å²) in [5, 5.41) is 0. The van der Waals surface area contributed by atoms with Gasteiger partial charge >= 0.3 is 0 Å². The van der Waals surface area contributed by atoms with Crippen molar-refractivity contribution < 1.29 is 4.74 Å². The summed E-state index contributed by atoms with van der Waals surface area (Å²) in [7, 11) is 1.64. The molecule has 1 aromatic rings. The molecule has 0 aliphatic heterocycles. The highest BCUT2D eigenvalue weighted by Crippen LogP contribution is 2.11. The number of benzene rings is 1. The van der Waals surface area contributed by atoms with E-state index in [-0.39, 0.29) is 6.04 Å². The molecule has 0 saturated heterocycles. The fourth-order valence-corrected chi connectivity index (χ4v) is 0.979. The summed E-state index contributed by atoms with van der Waals surface area (Å²) in [5.74, 6) is 6.81. The van der Waals surface area contributed by atoms with Crippen LogP contribution in [0.5, 0.6) is 5.75 Å². The molecule has 2 heteroatoms. The number of ether oxygens (including phenoxy) is 1. The first-order valence-electron chi connectivity index (χ1n) is 4.67. The zero-order chi connectivity index (χ0) is 10.4. The molecule has 1 atom stereocenters. The molecule has 0 amide bonds. The lowest BCUT2D eigenvalue weighted by molar-refractivity contribution is 0.414. The van der Waals surface area contributed by atoms with Crippen molar-refractivity contribution >= 4 is 0 Å². The molecule has 0 saturated carbocycles. The predicted molar refractivity (Wildman–Crippen MR) is 58.1 cm³/mol. The molecule has 0 spiro atoms. The predicted octanol–water partition coefficient (Wildman–Crippen LogP) is 1.78. The second-order valence-corrected chi connectivity index (χ2v) is 3.02. The van der Waals surface area contributed by atoms with Crippen LogP contribution in [0.2, 0.25) is 0 Å². The molecule has 0 fully saturated rings. The topological polar surface area (TPSA) is 35.2 Å². The van der Waals surface area contributed by atoms with E-state index in [0.717, 1.165) is 17.7 Å². The molecule has 0 aliphatic rings. The van der Waals surface area contributed by atoms with Gasteiger partial charge in [0.2, 0.25) is 0 Å². The van der Waals surface area contributed by atoms with Crippen LogP contribution in [0, 0.1) is 11.8 Å². The minimum Gasteiger partial charge on any atom is -0.497 e. The lowest BCUT2D eigenvalue weighted by Gasteiger charge is -1.99. The Labute approximate surface area is 85.1 Å². The molecule has 2 N–H and O–H groups in total. The van der Waals surface area contributed by atoms with E-state index in [1.807, 2.05) is 31.2 Å². The molecule has 0 heterocycles. The second-order valence-electron chi connectivity index (χ2n) is 3.02. The van der Waals surface area contributed by atoms with Gasteiger partial charge in [-0.2, -0.15) is 0 Å². The van der Waals surface area contributed by atoms with Crippen molar-refractivity contribution in [3.05, 3.63) is 29.8 Å². The summed E-state index contributed by atoms with van der Waals surface area (Å²) in [4.78, 5) is 0. The molecule has 1 unspecified atom stereocenters. The maximum absolute atomic E-state index is 5.69. The first-order valence-corrected chi connectivity index (χ1v) is 4.67. The van der Waals surface area contributed by atoms with Crippen LogP contribution in [-0.4, -0.2) is 13.2 Å². The van der Waals surface area contributed by atoms with E-state index in [0.29, 0.717) is 0 Å². The zero-order valence-corrected chi connectivity index (χ0v) is 8.58. The maximum Gasteiger partial charge on any atom is 0.120 e. The Morgan fingerprint density at radius 2 is 2.29 bits per heavy atom. The highest BCUT2D eigenvalue weighted by atomic mass is 16.5. The summed E-state index contributed by atoms with van der Waals surface area (Å²) in [6.07, 6.45) is 0.872. The van der Waals surface area contributed by atoms with Crippen LogP contribution in [0.4, 0.5) is 0 Å². The van der Waals surface area contributed by atoms with E-state index in [4.69, 9.17) is 10.5 Å². The van der Waals surface area contributed by atoms with Crippen molar-refractivity contribution in [3.63, 3.8) is 0 Å². The molecular weight excluding hydrogens is 174 g/mol. The standard InChI is InChI=1S/C12H15NO/c1-3-11(13)8-7-10-5-4-6-12(9-10)14-2/h4-6,9,11H,3,13H2,1-2H3. The lowest BCUT2D eigenvalue weighted by atomic mass is 10.2. The van der Waals surface area contributed by atoms with Crippen molar-refractivity contribution in [2.24, 2.45) is 5.73 Å². The fraction of sp³-hybridized carbons (Fsp3) is 0.333. The van der Waals surface area contributed by atoms with E-state index in [1.165, 1.54) is 0 Å². The Balaban J connectivity index is 2.79. The Bertz CT molecular complexity index is 349. The third kappa shape index (κ3) is 3.12. The van der Waals surface area contributed by atoms with Crippen LogP contribution < -0.4 is 10.5 Å². The maximum atomic E-state index is 5.69. The van der Waals surface area contributed by atoms with E-state index in [2.05, 4.69) is 11.8 Å². The van der Waals surface area contributed by atoms with Gasteiger partial charge in [-0.15, -0.1) is 0 Å². The summed E-state index contributed by atoms with van der Waals surface area (Å²) < 4.78 is 5.09. The van der Waals surface area contributed by atoms with Gasteiger partial charge in [0.1, 0.15) is 5.75 Å². The van der Waals surface area contributed by atoms with Gasteiger partial charge in [-0.3, -0.25) is 0 Å². The van der Waals surface area contributed by atoms with Crippen molar-refractivity contribution in [1.82, 2.24) is 0 Å². The molecule has 0 radical (unpaired) electrons. The van der Waals surface area contributed by atoms with Gasteiger partial charge < -0.3 is 10.5 Å². The van der Waals surface area contributed by atoms with Crippen LogP contribution in [0.1, 0.15) is 18.9 Å². The third-order valence-electron chi connectivity index (χ3n) is 1.91. The number of rotatable bonds is 2. The van der Waals surface area contributed by atoms with E-state index in [1.54, 1.807) is 7.11 Å². The molecule has 0 bridgehead atoms. The Hall–Kier alpha value is -1.46.